The maximum absolute atomic E-state index is 14.1. The molecule has 8 nitrogen and oxygen atoms in total. The highest BCUT2D eigenvalue weighted by atomic mass is 19.1. The fourth-order valence-electron chi connectivity index (χ4n) is 3.17. The number of halogens is 1. The van der Waals surface area contributed by atoms with Crippen LogP contribution in [0, 0.1) is 6.92 Å². The van der Waals surface area contributed by atoms with Crippen molar-refractivity contribution in [3.05, 3.63) is 46.0 Å². The summed E-state index contributed by atoms with van der Waals surface area (Å²) >= 11 is 0. The van der Waals surface area contributed by atoms with Gasteiger partial charge in [0.15, 0.2) is 0 Å². The number of aromatic amines is 1. The van der Waals surface area contributed by atoms with Gasteiger partial charge in [-0.3, -0.25) is 9.59 Å². The molecule has 27 heavy (non-hydrogen) atoms. The molecular weight excluding hydrogens is 351 g/mol. The van der Waals surface area contributed by atoms with Crippen LogP contribution in [0.15, 0.2) is 29.2 Å². The van der Waals surface area contributed by atoms with Crippen LogP contribution in [-0.4, -0.2) is 60.3 Å². The zero-order chi connectivity index (χ0) is 19.6. The van der Waals surface area contributed by atoms with Crippen LogP contribution < -0.4 is 20.7 Å². The van der Waals surface area contributed by atoms with Gasteiger partial charge in [0.05, 0.1) is 12.6 Å². The second kappa shape index (κ2) is 7.73. The highest BCUT2D eigenvalue weighted by Crippen LogP contribution is 2.26. The molecule has 1 amide bonds. The minimum Gasteiger partial charge on any atom is -0.350 e. The molecule has 2 N–H and O–H groups in total. The van der Waals surface area contributed by atoms with E-state index >= 15 is 0 Å². The fraction of sp³-hybridized carbons (Fsp3) is 0.444. The van der Waals surface area contributed by atoms with Gasteiger partial charge in [-0.25, -0.2) is 9.37 Å². The topological polar surface area (TPSA) is 94.2 Å². The molecular formula is C18H23FN6O2. The predicted octanol–water partition coefficient (Wildman–Crippen LogP) is 0.886. The molecule has 0 bridgehead atoms. The summed E-state index contributed by atoms with van der Waals surface area (Å²) in [5.74, 6) is 0.805. The third-order valence-corrected chi connectivity index (χ3v) is 4.43. The smallest absolute Gasteiger partial charge is 0.251 e. The Balaban J connectivity index is 1.72. The van der Waals surface area contributed by atoms with Gasteiger partial charge in [0.1, 0.15) is 12.0 Å². The quantitative estimate of drug-likeness (QED) is 0.807. The summed E-state index contributed by atoms with van der Waals surface area (Å²) in [6.45, 7) is 2.18. The zero-order valence-corrected chi connectivity index (χ0v) is 15.6. The highest BCUT2D eigenvalue weighted by molar-refractivity contribution is 5.94. The first-order valence-corrected chi connectivity index (χ1v) is 8.73. The number of pyridine rings is 1. The van der Waals surface area contributed by atoms with Gasteiger partial charge in [-0.1, -0.05) is 0 Å². The van der Waals surface area contributed by atoms with Crippen LogP contribution in [0.2, 0.25) is 0 Å². The average Bonchev–Trinajstić information content (AvgIpc) is 2.99. The van der Waals surface area contributed by atoms with E-state index in [9.17, 15) is 14.0 Å². The Morgan fingerprint density at radius 3 is 2.93 bits per heavy atom. The summed E-state index contributed by atoms with van der Waals surface area (Å²) < 4.78 is 14.1. The summed E-state index contributed by atoms with van der Waals surface area (Å²) in [4.78, 5) is 38.8. The van der Waals surface area contributed by atoms with Gasteiger partial charge in [0.2, 0.25) is 11.5 Å². The molecule has 0 aliphatic carbocycles. The Bertz CT molecular complexity index is 884. The molecule has 1 fully saturated rings. The molecule has 3 heterocycles. The number of nitrogens with zero attached hydrogens (tertiary/aromatic N) is 4. The van der Waals surface area contributed by atoms with E-state index < -0.39 is 6.17 Å². The zero-order valence-electron chi connectivity index (χ0n) is 15.6. The van der Waals surface area contributed by atoms with Gasteiger partial charge in [-0.2, -0.15) is 4.98 Å². The van der Waals surface area contributed by atoms with Gasteiger partial charge < -0.3 is 20.1 Å². The number of nitrogens with one attached hydrogen (secondary N) is 2. The molecule has 144 valence electrons. The van der Waals surface area contributed by atoms with E-state index in [2.05, 4.69) is 20.3 Å². The molecule has 2 aromatic rings. The molecule has 0 radical (unpaired) electrons. The van der Waals surface area contributed by atoms with Crippen molar-refractivity contribution in [3.8, 4) is 0 Å². The third-order valence-electron chi connectivity index (χ3n) is 4.43. The van der Waals surface area contributed by atoms with Crippen molar-refractivity contribution in [2.24, 2.45) is 0 Å². The first-order chi connectivity index (χ1) is 12.8. The number of carbonyl (C=O) groups is 1. The number of hydrogen-bond acceptors (Lipinski definition) is 6. The highest BCUT2D eigenvalue weighted by Gasteiger charge is 2.33. The van der Waals surface area contributed by atoms with E-state index in [1.54, 1.807) is 30.2 Å². The molecule has 1 saturated heterocycles. The Morgan fingerprint density at radius 1 is 1.44 bits per heavy atom. The fourth-order valence-corrected chi connectivity index (χ4v) is 3.17. The van der Waals surface area contributed by atoms with Gasteiger partial charge >= 0.3 is 0 Å². The van der Waals surface area contributed by atoms with E-state index in [4.69, 9.17) is 0 Å². The molecule has 0 spiro atoms. The second-order valence-corrected chi connectivity index (χ2v) is 6.87. The first-order valence-electron chi connectivity index (χ1n) is 8.73. The van der Waals surface area contributed by atoms with Crippen LogP contribution in [0.3, 0.4) is 0 Å². The number of hydrogen-bond donors (Lipinski definition) is 2. The van der Waals surface area contributed by atoms with Crippen LogP contribution in [0.25, 0.3) is 0 Å². The molecule has 2 atom stereocenters. The lowest BCUT2D eigenvalue weighted by Gasteiger charge is -2.26. The number of anilines is 2. The molecule has 0 aromatic carbocycles. The summed E-state index contributed by atoms with van der Waals surface area (Å²) in [6.07, 6.45) is 0.944. The summed E-state index contributed by atoms with van der Waals surface area (Å²) in [5, 5.41) is 2.80. The number of amides is 1. The lowest BCUT2D eigenvalue weighted by Crippen LogP contribution is -2.41. The Labute approximate surface area is 156 Å². The summed E-state index contributed by atoms with van der Waals surface area (Å²) in [5.41, 5.74) is 0.564. The van der Waals surface area contributed by atoms with Crippen LogP contribution in [-0.2, 0) is 0 Å². The van der Waals surface area contributed by atoms with Gasteiger partial charge in [-0.15, -0.1) is 0 Å². The van der Waals surface area contributed by atoms with Crippen molar-refractivity contribution < 1.29 is 9.18 Å². The number of carbonyl (C=O) groups excluding carboxylic acids is 1. The lowest BCUT2D eigenvalue weighted by molar-refractivity contribution is 0.0950. The Hall–Kier alpha value is -2.97. The Kier molecular flexibility index (Phi) is 5.38. The lowest BCUT2D eigenvalue weighted by atomic mass is 10.2. The van der Waals surface area contributed by atoms with Crippen molar-refractivity contribution >= 4 is 17.7 Å². The number of rotatable bonds is 5. The predicted molar refractivity (Wildman–Crippen MR) is 101 cm³/mol. The van der Waals surface area contributed by atoms with Crippen LogP contribution >= 0.6 is 0 Å². The van der Waals surface area contributed by atoms with E-state index in [1.807, 2.05) is 19.0 Å². The van der Waals surface area contributed by atoms with E-state index in [-0.39, 0.29) is 36.2 Å². The van der Waals surface area contributed by atoms with Gasteiger partial charge in [0.25, 0.3) is 5.91 Å². The van der Waals surface area contributed by atoms with Crippen molar-refractivity contribution in [1.82, 2.24) is 20.3 Å². The number of aromatic nitrogens is 3. The van der Waals surface area contributed by atoms with Gasteiger partial charge in [-0.05, 0) is 19.1 Å². The summed E-state index contributed by atoms with van der Waals surface area (Å²) in [7, 11) is 3.67. The number of H-pyrrole nitrogens is 1. The van der Waals surface area contributed by atoms with E-state index in [0.717, 1.165) is 0 Å². The molecule has 0 unspecified atom stereocenters. The SMILES string of the molecule is Cc1cc(C(=O)NC[C@@H]2C[C@H](F)CN2c2ccnc(N(C)C)n2)cc(=O)[nH]1. The van der Waals surface area contributed by atoms with E-state index in [1.165, 1.54) is 6.07 Å². The van der Waals surface area contributed by atoms with Crippen molar-refractivity contribution in [1.29, 1.82) is 0 Å². The molecule has 1 aliphatic heterocycles. The van der Waals surface area contributed by atoms with Crippen LogP contribution in [0.1, 0.15) is 22.5 Å². The Morgan fingerprint density at radius 2 is 2.22 bits per heavy atom. The molecule has 0 saturated carbocycles. The minimum atomic E-state index is -0.994. The monoisotopic (exact) mass is 374 g/mol. The molecule has 9 heteroatoms. The van der Waals surface area contributed by atoms with Gasteiger partial charge in [0, 0.05) is 50.6 Å². The van der Waals surface area contributed by atoms with Crippen molar-refractivity contribution in [2.75, 3.05) is 37.0 Å². The second-order valence-electron chi connectivity index (χ2n) is 6.87. The maximum atomic E-state index is 14.1. The van der Waals surface area contributed by atoms with Crippen molar-refractivity contribution in [2.45, 2.75) is 25.6 Å². The first kappa shape index (κ1) is 18.8. The number of aryl methyl sites for hydroxylation is 1. The van der Waals surface area contributed by atoms with Crippen LogP contribution in [0.5, 0.6) is 0 Å². The molecule has 1 aliphatic rings. The average molecular weight is 374 g/mol. The summed E-state index contributed by atoms with van der Waals surface area (Å²) in [6, 6.07) is 4.37. The maximum Gasteiger partial charge on any atom is 0.251 e. The third kappa shape index (κ3) is 4.42. The molecule has 2 aromatic heterocycles. The van der Waals surface area contributed by atoms with E-state index in [0.29, 0.717) is 23.9 Å². The van der Waals surface area contributed by atoms with Crippen LogP contribution in [0.4, 0.5) is 16.2 Å². The largest absolute Gasteiger partial charge is 0.350 e. The van der Waals surface area contributed by atoms with Crippen molar-refractivity contribution in [3.63, 3.8) is 0 Å². The normalized spacial score (nSPS) is 19.2. The minimum absolute atomic E-state index is 0.217. The number of alkyl halides is 1. The molecule has 3 rings (SSSR count). The standard InChI is InChI=1S/C18H23FN6O2/c1-11-6-12(7-16(26)22-11)17(27)21-9-14-8-13(19)10-25(14)15-4-5-20-18(23-15)24(2)3/h4-7,13-14H,8-10H2,1-3H3,(H,21,27)(H,22,26)/t13-,14-/m0/s1.